The Morgan fingerprint density at radius 1 is 1.59 bits per heavy atom. The molecule has 2 N–H and O–H groups in total. The summed E-state index contributed by atoms with van der Waals surface area (Å²) in [6, 6.07) is 1.34. The fourth-order valence-corrected chi connectivity index (χ4v) is 1.10. The fourth-order valence-electron chi connectivity index (χ4n) is 1.10. The van der Waals surface area contributed by atoms with Crippen molar-refractivity contribution in [1.29, 1.82) is 0 Å². The average molecular weight is 246 g/mol. The number of hydrogen-bond donors (Lipinski definition) is 1. The molecule has 1 aromatic heterocycles. The van der Waals surface area contributed by atoms with Crippen LogP contribution in [0.3, 0.4) is 0 Å². The van der Waals surface area contributed by atoms with Crippen molar-refractivity contribution in [3.05, 3.63) is 17.8 Å². The molecule has 0 amide bonds. The molecule has 0 aromatic carbocycles. The van der Waals surface area contributed by atoms with Crippen LogP contribution >= 0.6 is 0 Å². The summed E-state index contributed by atoms with van der Waals surface area (Å²) in [5.41, 5.74) is 5.51. The maximum Gasteiger partial charge on any atom is 0.340 e. The first-order chi connectivity index (χ1) is 8.06. The Morgan fingerprint density at radius 3 is 2.88 bits per heavy atom. The van der Waals surface area contributed by atoms with Gasteiger partial charge in [0, 0.05) is 6.20 Å². The SMILES string of the molecule is CCOC(=O)c1ccnc(OCC(F)F)c1N. The molecule has 0 saturated heterocycles. The van der Waals surface area contributed by atoms with Crippen molar-refractivity contribution >= 4 is 11.7 Å². The second-order valence-electron chi connectivity index (χ2n) is 3.00. The zero-order valence-corrected chi connectivity index (χ0v) is 9.15. The highest BCUT2D eigenvalue weighted by Crippen LogP contribution is 2.23. The summed E-state index contributed by atoms with van der Waals surface area (Å²) in [5.74, 6) is -0.842. The van der Waals surface area contributed by atoms with Crippen molar-refractivity contribution in [3.8, 4) is 5.88 Å². The Morgan fingerprint density at radius 2 is 2.29 bits per heavy atom. The topological polar surface area (TPSA) is 74.4 Å². The van der Waals surface area contributed by atoms with E-state index in [1.165, 1.54) is 12.3 Å². The quantitative estimate of drug-likeness (QED) is 0.796. The minimum absolute atomic E-state index is 0.0473. The second kappa shape index (κ2) is 5.97. The number of esters is 1. The van der Waals surface area contributed by atoms with Crippen LogP contribution < -0.4 is 10.5 Å². The van der Waals surface area contributed by atoms with E-state index in [1.54, 1.807) is 6.92 Å². The third-order valence-electron chi connectivity index (χ3n) is 1.79. The van der Waals surface area contributed by atoms with Gasteiger partial charge in [-0.1, -0.05) is 0 Å². The molecule has 0 unspecified atom stereocenters. The molecule has 0 aliphatic carbocycles. The number of carbonyl (C=O) groups is 1. The van der Waals surface area contributed by atoms with Crippen molar-refractivity contribution in [2.75, 3.05) is 18.9 Å². The molecule has 0 radical (unpaired) electrons. The van der Waals surface area contributed by atoms with Gasteiger partial charge in [0.05, 0.1) is 12.2 Å². The number of nitrogens with two attached hydrogens (primary N) is 1. The average Bonchev–Trinajstić information content (AvgIpc) is 2.27. The first-order valence-corrected chi connectivity index (χ1v) is 4.88. The van der Waals surface area contributed by atoms with Gasteiger partial charge in [0.25, 0.3) is 6.43 Å². The molecule has 0 fully saturated rings. The minimum atomic E-state index is -2.64. The number of aromatic nitrogens is 1. The molecule has 1 heterocycles. The number of ether oxygens (including phenoxy) is 2. The van der Waals surface area contributed by atoms with Gasteiger partial charge in [-0.25, -0.2) is 18.6 Å². The highest BCUT2D eigenvalue weighted by Gasteiger charge is 2.16. The summed E-state index contributed by atoms with van der Waals surface area (Å²) in [6.07, 6.45) is -1.40. The molecule has 94 valence electrons. The lowest BCUT2D eigenvalue weighted by Crippen LogP contribution is -2.13. The van der Waals surface area contributed by atoms with Crippen LogP contribution in [0.4, 0.5) is 14.5 Å². The summed E-state index contributed by atoms with van der Waals surface area (Å²) in [7, 11) is 0. The van der Waals surface area contributed by atoms with Crippen LogP contribution in [0.15, 0.2) is 12.3 Å². The molecule has 1 aromatic rings. The Bertz CT molecular complexity index is 399. The zero-order chi connectivity index (χ0) is 12.8. The van der Waals surface area contributed by atoms with E-state index in [9.17, 15) is 13.6 Å². The third-order valence-corrected chi connectivity index (χ3v) is 1.79. The third kappa shape index (κ3) is 3.54. The minimum Gasteiger partial charge on any atom is -0.470 e. The number of rotatable bonds is 5. The first-order valence-electron chi connectivity index (χ1n) is 4.88. The van der Waals surface area contributed by atoms with Gasteiger partial charge in [-0.05, 0) is 13.0 Å². The number of halogens is 2. The Labute approximate surface area is 96.5 Å². The van der Waals surface area contributed by atoms with E-state index in [1.807, 2.05) is 0 Å². The Hall–Kier alpha value is -1.92. The first kappa shape index (κ1) is 13.1. The smallest absolute Gasteiger partial charge is 0.340 e. The standard InChI is InChI=1S/C10H12F2N2O3/c1-2-16-10(15)6-3-4-14-9(8(6)13)17-5-7(11)12/h3-4,7H,2,5,13H2,1H3. The number of anilines is 1. The lowest BCUT2D eigenvalue weighted by molar-refractivity contribution is 0.0526. The van der Waals surface area contributed by atoms with Crippen molar-refractivity contribution in [2.45, 2.75) is 13.3 Å². The Kier molecular flexibility index (Phi) is 4.62. The lowest BCUT2D eigenvalue weighted by Gasteiger charge is -2.10. The molecule has 1 rings (SSSR count). The van der Waals surface area contributed by atoms with Gasteiger partial charge in [-0.15, -0.1) is 0 Å². The molecule has 0 atom stereocenters. The highest BCUT2D eigenvalue weighted by atomic mass is 19.3. The summed E-state index contributed by atoms with van der Waals surface area (Å²) < 4.78 is 33.3. The van der Waals surface area contributed by atoms with E-state index in [0.717, 1.165) is 0 Å². The van der Waals surface area contributed by atoms with Crippen molar-refractivity contribution in [3.63, 3.8) is 0 Å². The predicted octanol–water partition coefficient (Wildman–Crippen LogP) is 1.48. The fraction of sp³-hybridized carbons (Fsp3) is 0.400. The molecule has 17 heavy (non-hydrogen) atoms. The van der Waals surface area contributed by atoms with Gasteiger partial charge in [-0.2, -0.15) is 0 Å². The number of alkyl halides is 2. The van der Waals surface area contributed by atoms with E-state index >= 15 is 0 Å². The molecule has 5 nitrogen and oxygen atoms in total. The predicted molar refractivity (Wildman–Crippen MR) is 56.1 cm³/mol. The van der Waals surface area contributed by atoms with Crippen LogP contribution in [-0.4, -0.2) is 30.6 Å². The molecule has 0 aliphatic rings. The molecule has 0 bridgehead atoms. The van der Waals surface area contributed by atoms with Gasteiger partial charge >= 0.3 is 5.97 Å². The van der Waals surface area contributed by atoms with Gasteiger partial charge in [-0.3, -0.25) is 0 Å². The van der Waals surface area contributed by atoms with Crippen LogP contribution in [0.5, 0.6) is 5.88 Å². The molecular weight excluding hydrogens is 234 g/mol. The number of nitrogen functional groups attached to an aromatic ring is 1. The van der Waals surface area contributed by atoms with Gasteiger partial charge in [0.1, 0.15) is 5.69 Å². The molecule has 0 spiro atoms. The number of carbonyl (C=O) groups excluding carboxylic acids is 1. The lowest BCUT2D eigenvalue weighted by atomic mass is 10.2. The van der Waals surface area contributed by atoms with Crippen LogP contribution in [0.25, 0.3) is 0 Å². The summed E-state index contributed by atoms with van der Waals surface area (Å²) in [5, 5.41) is 0. The molecule has 0 aliphatic heterocycles. The van der Waals surface area contributed by atoms with Gasteiger partial charge in [0.2, 0.25) is 5.88 Å². The van der Waals surface area contributed by atoms with Crippen LogP contribution in [-0.2, 0) is 4.74 Å². The summed E-state index contributed by atoms with van der Waals surface area (Å²) >= 11 is 0. The molecule has 7 heteroatoms. The van der Waals surface area contributed by atoms with E-state index in [4.69, 9.17) is 10.5 Å². The van der Waals surface area contributed by atoms with Crippen molar-refractivity contribution in [2.24, 2.45) is 0 Å². The zero-order valence-electron chi connectivity index (χ0n) is 9.15. The van der Waals surface area contributed by atoms with Crippen molar-refractivity contribution < 1.29 is 23.0 Å². The Balaban J connectivity index is 2.87. The van der Waals surface area contributed by atoms with Crippen LogP contribution in [0.1, 0.15) is 17.3 Å². The normalized spacial score (nSPS) is 10.4. The largest absolute Gasteiger partial charge is 0.470 e. The van der Waals surface area contributed by atoms with Gasteiger partial charge in [0.15, 0.2) is 6.61 Å². The number of pyridine rings is 1. The van der Waals surface area contributed by atoms with E-state index in [0.29, 0.717) is 0 Å². The van der Waals surface area contributed by atoms with E-state index < -0.39 is 19.0 Å². The van der Waals surface area contributed by atoms with Gasteiger partial charge < -0.3 is 15.2 Å². The molecular formula is C10H12F2N2O3. The van der Waals surface area contributed by atoms with Crippen LogP contribution in [0, 0.1) is 0 Å². The number of hydrogen-bond acceptors (Lipinski definition) is 5. The second-order valence-corrected chi connectivity index (χ2v) is 3.00. The van der Waals surface area contributed by atoms with Crippen LogP contribution in [0.2, 0.25) is 0 Å². The molecule has 0 saturated carbocycles. The maximum atomic E-state index is 11.9. The summed E-state index contributed by atoms with van der Waals surface area (Å²) in [4.78, 5) is 15.1. The maximum absolute atomic E-state index is 11.9. The monoisotopic (exact) mass is 246 g/mol. The van der Waals surface area contributed by atoms with E-state index in [-0.39, 0.29) is 23.7 Å². The van der Waals surface area contributed by atoms with Crippen molar-refractivity contribution in [1.82, 2.24) is 4.98 Å². The summed E-state index contributed by atoms with van der Waals surface area (Å²) in [6.45, 7) is 1.00. The number of nitrogens with zero attached hydrogens (tertiary/aromatic N) is 1. The van der Waals surface area contributed by atoms with E-state index in [2.05, 4.69) is 9.72 Å². The highest BCUT2D eigenvalue weighted by molar-refractivity contribution is 5.96.